The molecular formula is C15H29IN4O3S. The number of sulfone groups is 1. The molecule has 0 aromatic carbocycles. The van der Waals surface area contributed by atoms with E-state index in [0.717, 1.165) is 25.3 Å². The van der Waals surface area contributed by atoms with Crippen molar-refractivity contribution < 1.29 is 13.2 Å². The van der Waals surface area contributed by atoms with E-state index in [4.69, 9.17) is 0 Å². The predicted octanol–water partition coefficient (Wildman–Crippen LogP) is 0.605. The lowest BCUT2D eigenvalue weighted by Crippen LogP contribution is -2.57. The van der Waals surface area contributed by atoms with E-state index in [9.17, 15) is 13.2 Å². The minimum Gasteiger partial charge on any atom is -0.357 e. The van der Waals surface area contributed by atoms with Gasteiger partial charge in [-0.15, -0.1) is 24.0 Å². The van der Waals surface area contributed by atoms with Crippen molar-refractivity contribution in [3.63, 3.8) is 0 Å². The van der Waals surface area contributed by atoms with Crippen LogP contribution in [0, 0.1) is 5.92 Å². The number of carbonyl (C=O) groups is 1. The van der Waals surface area contributed by atoms with Crippen LogP contribution in [0.3, 0.4) is 0 Å². The maximum absolute atomic E-state index is 12.1. The van der Waals surface area contributed by atoms with E-state index in [1.165, 1.54) is 0 Å². The molecule has 0 aromatic rings. The Bertz CT molecular complexity index is 573. The van der Waals surface area contributed by atoms with Crippen LogP contribution in [0.1, 0.15) is 33.6 Å². The summed E-state index contributed by atoms with van der Waals surface area (Å²) in [5, 5.41) is 6.10. The molecule has 9 heteroatoms. The molecule has 1 heterocycles. The highest BCUT2D eigenvalue weighted by molar-refractivity contribution is 14.0. The van der Waals surface area contributed by atoms with E-state index in [1.54, 1.807) is 13.8 Å². The van der Waals surface area contributed by atoms with Gasteiger partial charge in [-0.05, 0) is 33.6 Å². The van der Waals surface area contributed by atoms with Crippen molar-refractivity contribution in [2.75, 3.05) is 38.5 Å². The molecule has 2 aliphatic rings. The van der Waals surface area contributed by atoms with Gasteiger partial charge in [0.25, 0.3) is 0 Å². The maximum atomic E-state index is 12.1. The fourth-order valence-electron chi connectivity index (χ4n) is 2.58. The van der Waals surface area contributed by atoms with E-state index in [1.807, 2.05) is 11.8 Å². The summed E-state index contributed by atoms with van der Waals surface area (Å²) in [6.07, 6.45) is 1.99. The van der Waals surface area contributed by atoms with Crippen molar-refractivity contribution in [2.45, 2.75) is 38.4 Å². The summed E-state index contributed by atoms with van der Waals surface area (Å²) < 4.78 is 23.4. The van der Waals surface area contributed by atoms with Gasteiger partial charge >= 0.3 is 0 Å². The third-order valence-electron chi connectivity index (χ3n) is 4.30. The third-order valence-corrected chi connectivity index (χ3v) is 6.83. The zero-order chi connectivity index (χ0) is 17.1. The van der Waals surface area contributed by atoms with Gasteiger partial charge in [-0.2, -0.15) is 0 Å². The zero-order valence-corrected chi connectivity index (χ0v) is 17.8. The Kier molecular flexibility index (Phi) is 7.76. The molecule has 0 bridgehead atoms. The molecule has 0 unspecified atom stereocenters. The van der Waals surface area contributed by atoms with Crippen LogP contribution in [-0.4, -0.2) is 68.4 Å². The van der Waals surface area contributed by atoms with Crippen LogP contribution >= 0.6 is 24.0 Å². The van der Waals surface area contributed by atoms with Gasteiger partial charge in [-0.3, -0.25) is 9.79 Å². The van der Waals surface area contributed by atoms with Crippen molar-refractivity contribution in [3.05, 3.63) is 0 Å². The molecule has 2 N–H and O–H groups in total. The second-order valence-corrected chi connectivity index (χ2v) is 9.54. The molecule has 7 nitrogen and oxygen atoms in total. The lowest BCUT2D eigenvalue weighted by Gasteiger charge is -2.39. The number of hydrogen-bond donors (Lipinski definition) is 2. The van der Waals surface area contributed by atoms with Crippen LogP contribution in [0.4, 0.5) is 0 Å². The second kappa shape index (κ2) is 8.68. The van der Waals surface area contributed by atoms with Crippen molar-refractivity contribution >= 4 is 45.7 Å². The molecule has 0 aromatic heterocycles. The minimum absolute atomic E-state index is 0. The van der Waals surface area contributed by atoms with Gasteiger partial charge in [0.1, 0.15) is 0 Å². The minimum atomic E-state index is -3.06. The van der Waals surface area contributed by atoms with Crippen LogP contribution < -0.4 is 10.6 Å². The van der Waals surface area contributed by atoms with E-state index in [-0.39, 0.29) is 41.6 Å². The number of halogens is 1. The number of nitrogens with one attached hydrogen (secondary N) is 2. The van der Waals surface area contributed by atoms with Crippen LogP contribution in [0.15, 0.2) is 4.99 Å². The van der Waals surface area contributed by atoms with E-state index in [0.29, 0.717) is 26.2 Å². The first-order valence-corrected chi connectivity index (χ1v) is 9.95. The van der Waals surface area contributed by atoms with Gasteiger partial charge in [0.15, 0.2) is 15.8 Å². The molecule has 0 radical (unpaired) electrons. The number of aliphatic imine (C=N–C) groups is 1. The molecule has 1 saturated heterocycles. The Morgan fingerprint density at radius 2 is 1.96 bits per heavy atom. The molecule has 24 heavy (non-hydrogen) atoms. The summed E-state index contributed by atoms with van der Waals surface area (Å²) in [7, 11) is -3.06. The monoisotopic (exact) mass is 472 g/mol. The number of hydrogen-bond acceptors (Lipinski definition) is 4. The quantitative estimate of drug-likeness (QED) is 0.265. The lowest BCUT2D eigenvalue weighted by molar-refractivity contribution is -0.122. The average molecular weight is 472 g/mol. The Labute approximate surface area is 162 Å². The third kappa shape index (κ3) is 5.47. The first-order chi connectivity index (χ1) is 10.8. The number of rotatable bonds is 5. The molecule has 1 amide bonds. The Morgan fingerprint density at radius 3 is 2.50 bits per heavy atom. The normalized spacial score (nSPS) is 22.5. The average Bonchev–Trinajstić information content (AvgIpc) is 3.30. The summed E-state index contributed by atoms with van der Waals surface area (Å²) >= 11 is 0. The highest BCUT2D eigenvalue weighted by Crippen LogP contribution is 2.28. The lowest BCUT2D eigenvalue weighted by atomic mass is 10.2. The molecule has 1 saturated carbocycles. The summed E-state index contributed by atoms with van der Waals surface area (Å²) in [6, 6.07) is 0. The van der Waals surface area contributed by atoms with Gasteiger partial charge < -0.3 is 15.5 Å². The maximum Gasteiger partial charge on any atom is 0.223 e. The smallest absolute Gasteiger partial charge is 0.223 e. The fraction of sp³-hybridized carbons (Fsp3) is 0.867. The van der Waals surface area contributed by atoms with Crippen molar-refractivity contribution in [2.24, 2.45) is 10.9 Å². The Hall–Kier alpha value is -0.580. The predicted molar refractivity (Wildman–Crippen MR) is 107 cm³/mol. The molecule has 0 atom stereocenters. The van der Waals surface area contributed by atoms with Crippen molar-refractivity contribution in [1.29, 1.82) is 0 Å². The molecule has 2 fully saturated rings. The number of nitrogens with zero attached hydrogens (tertiary/aromatic N) is 2. The largest absolute Gasteiger partial charge is 0.357 e. The molecule has 0 spiro atoms. The van der Waals surface area contributed by atoms with Gasteiger partial charge in [0.2, 0.25) is 5.91 Å². The van der Waals surface area contributed by atoms with Gasteiger partial charge in [-0.1, -0.05) is 0 Å². The molecule has 2 rings (SSSR count). The van der Waals surface area contributed by atoms with E-state index < -0.39 is 14.6 Å². The van der Waals surface area contributed by atoms with Crippen LogP contribution in [0.5, 0.6) is 0 Å². The SMILES string of the molecule is CCNC(=NCCNC(=O)C1CC1)N1CCS(=O)(=O)C(C)(C)C1.I. The number of amides is 1. The molecule has 1 aliphatic heterocycles. The van der Waals surface area contributed by atoms with Gasteiger partial charge in [-0.25, -0.2) is 8.42 Å². The summed E-state index contributed by atoms with van der Waals surface area (Å²) in [5.41, 5.74) is 0. The first kappa shape index (κ1) is 21.5. The van der Waals surface area contributed by atoms with E-state index in [2.05, 4.69) is 15.6 Å². The van der Waals surface area contributed by atoms with Crippen LogP contribution in [0.25, 0.3) is 0 Å². The Balaban J connectivity index is 0.00000288. The Morgan fingerprint density at radius 1 is 1.29 bits per heavy atom. The molecule has 140 valence electrons. The standard InChI is InChI=1S/C15H28N4O3S.HI/c1-4-16-14(18-8-7-17-13(20)12-5-6-12)19-9-10-23(21,22)15(2,3)11-19;/h12H,4-11H2,1-3H3,(H,16,18)(H,17,20);1H. The number of guanidine groups is 1. The van der Waals surface area contributed by atoms with Crippen LogP contribution in [0.2, 0.25) is 0 Å². The van der Waals surface area contributed by atoms with Crippen molar-refractivity contribution in [3.8, 4) is 0 Å². The highest BCUT2D eigenvalue weighted by atomic mass is 127. The summed E-state index contributed by atoms with van der Waals surface area (Å²) in [5.74, 6) is 1.19. The molecular weight excluding hydrogens is 443 g/mol. The number of carbonyl (C=O) groups excluding carboxylic acids is 1. The fourth-order valence-corrected chi connectivity index (χ4v) is 3.95. The molecule has 1 aliphatic carbocycles. The van der Waals surface area contributed by atoms with Gasteiger partial charge in [0.05, 0.1) is 17.0 Å². The second-order valence-electron chi connectivity index (χ2n) is 6.80. The van der Waals surface area contributed by atoms with Crippen molar-refractivity contribution in [1.82, 2.24) is 15.5 Å². The van der Waals surface area contributed by atoms with Gasteiger partial charge in [0, 0.05) is 32.1 Å². The summed E-state index contributed by atoms with van der Waals surface area (Å²) in [4.78, 5) is 18.1. The topological polar surface area (TPSA) is 90.9 Å². The van der Waals surface area contributed by atoms with Crippen LogP contribution in [-0.2, 0) is 14.6 Å². The zero-order valence-electron chi connectivity index (χ0n) is 14.7. The first-order valence-electron chi connectivity index (χ1n) is 8.30. The van der Waals surface area contributed by atoms with E-state index >= 15 is 0 Å². The summed E-state index contributed by atoms with van der Waals surface area (Å²) in [6.45, 7) is 8.10. The highest BCUT2D eigenvalue weighted by Gasteiger charge is 2.40.